The average Bonchev–Trinajstić information content (AvgIpc) is 2.23. The van der Waals surface area contributed by atoms with E-state index in [1.165, 1.54) is 18.2 Å². The van der Waals surface area contributed by atoms with Gasteiger partial charge in [-0.15, -0.1) is 0 Å². The number of nitrogens with zero attached hydrogens (tertiary/aromatic N) is 3. The van der Waals surface area contributed by atoms with E-state index in [1.807, 2.05) is 0 Å². The van der Waals surface area contributed by atoms with E-state index in [9.17, 15) is 14.4 Å². The Morgan fingerprint density at radius 2 is 1.67 bits per heavy atom. The van der Waals surface area contributed by atoms with Crippen molar-refractivity contribution in [3.05, 3.63) is 0 Å². The SMILES string of the molecule is O=C=NC1CCCCC1(N=C=O)N=C=O. The maximum atomic E-state index is 10.3. The van der Waals surface area contributed by atoms with Gasteiger partial charge in [0.25, 0.3) is 0 Å². The van der Waals surface area contributed by atoms with Crippen LogP contribution in [0.1, 0.15) is 25.7 Å². The monoisotopic (exact) mass is 207 g/mol. The minimum atomic E-state index is -1.28. The molecule has 0 aromatic carbocycles. The Labute approximate surface area is 85.8 Å². The number of carbonyl (C=O) groups excluding carboxylic acids is 3. The highest BCUT2D eigenvalue weighted by atomic mass is 16.1. The van der Waals surface area contributed by atoms with Crippen LogP contribution in [0.25, 0.3) is 0 Å². The molecule has 15 heavy (non-hydrogen) atoms. The summed E-state index contributed by atoms with van der Waals surface area (Å²) in [7, 11) is 0. The van der Waals surface area contributed by atoms with Crippen molar-refractivity contribution in [3.8, 4) is 0 Å². The Morgan fingerprint density at radius 1 is 1.00 bits per heavy atom. The second-order valence-corrected chi connectivity index (χ2v) is 3.27. The summed E-state index contributed by atoms with van der Waals surface area (Å²) in [5.74, 6) is 0. The number of isocyanates is 3. The molecule has 0 heterocycles. The molecule has 0 radical (unpaired) electrons. The molecule has 0 N–H and O–H groups in total. The molecule has 6 nitrogen and oxygen atoms in total. The average molecular weight is 207 g/mol. The Hall–Kier alpha value is -1.86. The topological polar surface area (TPSA) is 88.3 Å². The molecule has 0 aromatic heterocycles. The molecule has 1 unspecified atom stereocenters. The molecule has 78 valence electrons. The standard InChI is InChI=1S/C9H9N3O3/c13-5-10-8-3-1-2-4-9(8,11-6-14)12-7-15/h8H,1-4H2. The summed E-state index contributed by atoms with van der Waals surface area (Å²) in [4.78, 5) is 41.3. The molecule has 0 spiro atoms. The van der Waals surface area contributed by atoms with Crippen LogP contribution in [0.2, 0.25) is 0 Å². The van der Waals surface area contributed by atoms with Gasteiger partial charge in [-0.05, 0) is 19.3 Å². The van der Waals surface area contributed by atoms with Gasteiger partial charge >= 0.3 is 0 Å². The highest BCUT2D eigenvalue weighted by Crippen LogP contribution is 2.34. The van der Waals surface area contributed by atoms with Crippen molar-refractivity contribution in [2.75, 3.05) is 0 Å². The third-order valence-corrected chi connectivity index (χ3v) is 2.49. The third kappa shape index (κ3) is 2.33. The third-order valence-electron chi connectivity index (χ3n) is 2.49. The quantitative estimate of drug-likeness (QED) is 0.502. The van der Waals surface area contributed by atoms with Crippen molar-refractivity contribution in [3.63, 3.8) is 0 Å². The zero-order valence-corrected chi connectivity index (χ0v) is 7.97. The van der Waals surface area contributed by atoms with E-state index in [1.54, 1.807) is 0 Å². The van der Waals surface area contributed by atoms with E-state index in [0.29, 0.717) is 12.8 Å². The molecule has 1 rings (SSSR count). The summed E-state index contributed by atoms with van der Waals surface area (Å²) in [6.07, 6.45) is 6.69. The van der Waals surface area contributed by atoms with Crippen LogP contribution in [-0.2, 0) is 14.4 Å². The Morgan fingerprint density at radius 3 is 2.20 bits per heavy atom. The summed E-state index contributed by atoms with van der Waals surface area (Å²) in [6, 6.07) is -0.605. The highest BCUT2D eigenvalue weighted by molar-refractivity contribution is 5.41. The summed E-state index contributed by atoms with van der Waals surface area (Å²) >= 11 is 0. The predicted octanol–water partition coefficient (Wildman–Crippen LogP) is 0.633. The number of aliphatic imine (C=N–C) groups is 3. The van der Waals surface area contributed by atoms with Crippen LogP contribution >= 0.6 is 0 Å². The first kappa shape index (κ1) is 11.2. The first-order chi connectivity index (χ1) is 7.29. The molecule has 0 saturated heterocycles. The Balaban J connectivity index is 3.14. The van der Waals surface area contributed by atoms with Gasteiger partial charge in [-0.2, -0.15) is 15.0 Å². The van der Waals surface area contributed by atoms with Crippen molar-refractivity contribution >= 4 is 18.2 Å². The molecule has 0 aromatic rings. The fourth-order valence-electron chi connectivity index (χ4n) is 1.80. The number of hydrogen-bond donors (Lipinski definition) is 0. The molecule has 0 bridgehead atoms. The van der Waals surface area contributed by atoms with E-state index in [-0.39, 0.29) is 0 Å². The van der Waals surface area contributed by atoms with E-state index in [0.717, 1.165) is 12.8 Å². The Bertz CT molecular complexity index is 356. The van der Waals surface area contributed by atoms with Crippen LogP contribution in [0, 0.1) is 0 Å². The van der Waals surface area contributed by atoms with Crippen LogP contribution in [-0.4, -0.2) is 29.9 Å². The Kier molecular flexibility index (Phi) is 3.83. The van der Waals surface area contributed by atoms with Crippen molar-refractivity contribution in [1.82, 2.24) is 0 Å². The molecule has 1 fully saturated rings. The molecular weight excluding hydrogens is 198 g/mol. The van der Waals surface area contributed by atoms with Crippen LogP contribution in [0.3, 0.4) is 0 Å². The first-order valence-electron chi connectivity index (χ1n) is 4.54. The van der Waals surface area contributed by atoms with Crippen molar-refractivity contribution < 1.29 is 14.4 Å². The van der Waals surface area contributed by atoms with Gasteiger partial charge in [0.1, 0.15) is 6.04 Å². The van der Waals surface area contributed by atoms with Gasteiger partial charge in [0.2, 0.25) is 18.2 Å². The van der Waals surface area contributed by atoms with E-state index in [2.05, 4.69) is 15.0 Å². The van der Waals surface area contributed by atoms with Crippen molar-refractivity contribution in [2.24, 2.45) is 15.0 Å². The summed E-state index contributed by atoms with van der Waals surface area (Å²) in [5, 5.41) is 0. The van der Waals surface area contributed by atoms with Gasteiger partial charge < -0.3 is 0 Å². The zero-order valence-electron chi connectivity index (χ0n) is 7.97. The van der Waals surface area contributed by atoms with Gasteiger partial charge in [-0.3, -0.25) is 0 Å². The lowest BCUT2D eigenvalue weighted by molar-refractivity contribution is 0.265. The zero-order chi connectivity index (χ0) is 11.1. The molecule has 6 heteroatoms. The molecule has 0 aliphatic heterocycles. The highest BCUT2D eigenvalue weighted by Gasteiger charge is 2.41. The van der Waals surface area contributed by atoms with E-state index in [4.69, 9.17) is 0 Å². The molecule has 1 atom stereocenters. The van der Waals surface area contributed by atoms with Gasteiger partial charge in [-0.1, -0.05) is 6.42 Å². The summed E-state index contributed by atoms with van der Waals surface area (Å²) < 4.78 is 0. The second-order valence-electron chi connectivity index (χ2n) is 3.27. The van der Waals surface area contributed by atoms with Gasteiger partial charge in [0, 0.05) is 0 Å². The lowest BCUT2D eigenvalue weighted by Crippen LogP contribution is -2.40. The molecule has 1 aliphatic rings. The predicted molar refractivity (Wildman–Crippen MR) is 49.4 cm³/mol. The van der Waals surface area contributed by atoms with Gasteiger partial charge in [-0.25, -0.2) is 14.4 Å². The molecule has 1 aliphatic carbocycles. The van der Waals surface area contributed by atoms with Crippen LogP contribution in [0.5, 0.6) is 0 Å². The van der Waals surface area contributed by atoms with Crippen LogP contribution in [0.4, 0.5) is 0 Å². The van der Waals surface area contributed by atoms with Crippen LogP contribution in [0.15, 0.2) is 15.0 Å². The van der Waals surface area contributed by atoms with Gasteiger partial charge in [0.05, 0.1) is 0 Å². The molecular formula is C9H9N3O3. The lowest BCUT2D eigenvalue weighted by atomic mass is 9.85. The second kappa shape index (κ2) is 5.13. The normalized spacial score (nSPS) is 29.2. The smallest absolute Gasteiger partial charge is 0.211 e. The van der Waals surface area contributed by atoms with E-state index < -0.39 is 11.7 Å². The van der Waals surface area contributed by atoms with Gasteiger partial charge in [0.15, 0.2) is 5.66 Å². The summed E-state index contributed by atoms with van der Waals surface area (Å²) in [6.45, 7) is 0. The summed E-state index contributed by atoms with van der Waals surface area (Å²) in [5.41, 5.74) is -1.28. The maximum absolute atomic E-state index is 10.3. The number of hydrogen-bond acceptors (Lipinski definition) is 6. The maximum Gasteiger partial charge on any atom is 0.237 e. The van der Waals surface area contributed by atoms with Crippen molar-refractivity contribution in [2.45, 2.75) is 37.4 Å². The minimum Gasteiger partial charge on any atom is -0.211 e. The fraction of sp³-hybridized carbons (Fsp3) is 0.667. The minimum absolute atomic E-state index is 0.396. The van der Waals surface area contributed by atoms with Crippen LogP contribution < -0.4 is 0 Å². The van der Waals surface area contributed by atoms with E-state index >= 15 is 0 Å². The molecule has 1 saturated carbocycles. The molecule has 0 amide bonds. The van der Waals surface area contributed by atoms with Crippen molar-refractivity contribution in [1.29, 1.82) is 0 Å². The number of rotatable bonds is 3. The first-order valence-corrected chi connectivity index (χ1v) is 4.54. The fourth-order valence-corrected chi connectivity index (χ4v) is 1.80. The lowest BCUT2D eigenvalue weighted by Gasteiger charge is -2.31. The largest absolute Gasteiger partial charge is 0.237 e.